The highest BCUT2D eigenvalue weighted by Crippen LogP contribution is 2.15. The van der Waals surface area contributed by atoms with Crippen LogP contribution in [0.15, 0.2) is 36.8 Å². The lowest BCUT2D eigenvalue weighted by atomic mass is 10.2. The number of hydrogen-bond acceptors (Lipinski definition) is 5. The molecule has 0 saturated carbocycles. The molecule has 0 aliphatic carbocycles. The van der Waals surface area contributed by atoms with Gasteiger partial charge in [0.05, 0.1) is 17.4 Å². The van der Waals surface area contributed by atoms with Gasteiger partial charge < -0.3 is 14.6 Å². The fourth-order valence-corrected chi connectivity index (χ4v) is 2.18. The van der Waals surface area contributed by atoms with Gasteiger partial charge in [-0.2, -0.15) is 0 Å². The van der Waals surface area contributed by atoms with Gasteiger partial charge in [-0.1, -0.05) is 6.07 Å². The Balaban J connectivity index is 1.72. The van der Waals surface area contributed by atoms with Crippen molar-refractivity contribution in [2.75, 3.05) is 12.4 Å². The molecule has 3 aromatic rings. The maximum atomic E-state index is 5.03. The summed E-state index contributed by atoms with van der Waals surface area (Å²) in [6, 6.07) is 8.10. The number of methoxy groups -OCH3 is 1. The summed E-state index contributed by atoms with van der Waals surface area (Å²) in [6.45, 7) is 1.10. The van der Waals surface area contributed by atoms with Gasteiger partial charge in [0.2, 0.25) is 0 Å². The number of nitrogens with one attached hydrogen (secondary N) is 1. The third-order valence-corrected chi connectivity index (χ3v) is 3.24. The number of aromatic nitrogens is 4. The molecule has 0 atom stereocenters. The average molecular weight is 283 g/mol. The number of rotatable bonds is 5. The van der Waals surface area contributed by atoms with Gasteiger partial charge in [-0.3, -0.25) is 0 Å². The smallest absolute Gasteiger partial charge is 0.156 e. The first-order chi connectivity index (χ1) is 10.3. The summed E-state index contributed by atoms with van der Waals surface area (Å²) in [5.41, 5.74) is 3.29. The van der Waals surface area contributed by atoms with E-state index >= 15 is 0 Å². The van der Waals surface area contributed by atoms with Gasteiger partial charge >= 0.3 is 0 Å². The molecular weight excluding hydrogens is 266 g/mol. The number of aryl methyl sites for hydroxylation is 1. The normalized spacial score (nSPS) is 11.0. The van der Waals surface area contributed by atoms with Crippen molar-refractivity contribution in [3.63, 3.8) is 0 Å². The molecule has 6 heteroatoms. The first kappa shape index (κ1) is 13.5. The lowest BCUT2D eigenvalue weighted by Gasteiger charge is -2.07. The van der Waals surface area contributed by atoms with E-state index in [2.05, 4.69) is 38.5 Å². The highest BCUT2D eigenvalue weighted by Gasteiger charge is 2.02. The first-order valence-electron chi connectivity index (χ1n) is 6.71. The van der Waals surface area contributed by atoms with E-state index in [4.69, 9.17) is 4.74 Å². The molecule has 2 heterocycles. The van der Waals surface area contributed by atoms with Crippen molar-refractivity contribution in [2.45, 2.75) is 13.2 Å². The summed E-state index contributed by atoms with van der Waals surface area (Å²) in [5.74, 6) is 1.46. The molecule has 0 radical (unpaired) electrons. The second-order valence-electron chi connectivity index (χ2n) is 4.82. The van der Waals surface area contributed by atoms with E-state index in [0.29, 0.717) is 19.0 Å². The summed E-state index contributed by atoms with van der Waals surface area (Å²) < 4.78 is 7.04. The van der Waals surface area contributed by atoms with Crippen molar-refractivity contribution < 1.29 is 4.74 Å². The van der Waals surface area contributed by atoms with E-state index in [1.807, 2.05) is 24.0 Å². The number of ether oxygens (including phenoxy) is 1. The average Bonchev–Trinajstić information content (AvgIpc) is 2.87. The third-order valence-electron chi connectivity index (χ3n) is 3.24. The van der Waals surface area contributed by atoms with Gasteiger partial charge in [-0.05, 0) is 23.8 Å². The molecule has 3 rings (SSSR count). The van der Waals surface area contributed by atoms with Crippen LogP contribution in [0.1, 0.15) is 11.4 Å². The number of fused-ring (bicyclic) bond motifs is 1. The van der Waals surface area contributed by atoms with E-state index in [9.17, 15) is 0 Å². The highest BCUT2D eigenvalue weighted by molar-refractivity contribution is 5.76. The van der Waals surface area contributed by atoms with Crippen LogP contribution >= 0.6 is 0 Å². The second-order valence-corrected chi connectivity index (χ2v) is 4.82. The molecule has 1 N–H and O–H groups in total. The summed E-state index contributed by atoms with van der Waals surface area (Å²) >= 11 is 0. The van der Waals surface area contributed by atoms with Crippen LogP contribution in [0.5, 0.6) is 0 Å². The molecule has 0 bridgehead atoms. The quantitative estimate of drug-likeness (QED) is 0.777. The van der Waals surface area contributed by atoms with Crippen molar-refractivity contribution in [3.05, 3.63) is 48.2 Å². The molecule has 0 aliphatic rings. The largest absolute Gasteiger partial charge is 0.377 e. The summed E-state index contributed by atoms with van der Waals surface area (Å²) in [5, 5.41) is 3.29. The van der Waals surface area contributed by atoms with Crippen LogP contribution in [0.25, 0.3) is 11.0 Å². The van der Waals surface area contributed by atoms with Crippen LogP contribution in [0.2, 0.25) is 0 Å². The Labute approximate surface area is 122 Å². The van der Waals surface area contributed by atoms with E-state index in [0.717, 1.165) is 22.4 Å². The Bertz CT molecular complexity index is 753. The molecular formula is C15H17N5O. The zero-order valence-corrected chi connectivity index (χ0v) is 12.1. The zero-order valence-electron chi connectivity index (χ0n) is 12.1. The first-order valence-corrected chi connectivity index (χ1v) is 6.71. The number of anilines is 1. The molecule has 0 aliphatic heterocycles. The Morgan fingerprint density at radius 3 is 3.00 bits per heavy atom. The zero-order chi connectivity index (χ0) is 14.7. The molecule has 21 heavy (non-hydrogen) atoms. The predicted molar refractivity (Wildman–Crippen MR) is 80.8 cm³/mol. The van der Waals surface area contributed by atoms with Crippen LogP contribution in [-0.2, 0) is 24.9 Å². The number of imidazole rings is 1. The molecule has 0 saturated heterocycles. The van der Waals surface area contributed by atoms with Crippen molar-refractivity contribution in [2.24, 2.45) is 7.05 Å². The lowest BCUT2D eigenvalue weighted by molar-refractivity contribution is 0.178. The fourth-order valence-electron chi connectivity index (χ4n) is 2.18. The highest BCUT2D eigenvalue weighted by atomic mass is 16.5. The molecule has 1 aromatic carbocycles. The van der Waals surface area contributed by atoms with Crippen molar-refractivity contribution in [1.29, 1.82) is 0 Å². The summed E-state index contributed by atoms with van der Waals surface area (Å²) in [7, 11) is 3.62. The van der Waals surface area contributed by atoms with E-state index < -0.39 is 0 Å². The minimum absolute atomic E-state index is 0.412. The minimum atomic E-state index is 0.412. The molecule has 0 fully saturated rings. The van der Waals surface area contributed by atoms with Gasteiger partial charge in [-0.15, -0.1) is 0 Å². The Morgan fingerprint density at radius 2 is 2.14 bits per heavy atom. The monoisotopic (exact) mass is 283 g/mol. The number of hydrogen-bond donors (Lipinski definition) is 1. The maximum Gasteiger partial charge on any atom is 0.156 e. The van der Waals surface area contributed by atoms with Crippen LogP contribution < -0.4 is 5.32 Å². The van der Waals surface area contributed by atoms with Crippen LogP contribution in [0.4, 0.5) is 5.82 Å². The summed E-state index contributed by atoms with van der Waals surface area (Å²) in [6.07, 6.45) is 3.55. The van der Waals surface area contributed by atoms with Crippen molar-refractivity contribution in [1.82, 2.24) is 19.5 Å². The molecule has 108 valence electrons. The Hall–Kier alpha value is -2.47. The molecule has 0 spiro atoms. The topological polar surface area (TPSA) is 64.9 Å². The fraction of sp³-hybridized carbons (Fsp3) is 0.267. The SMILES string of the molecule is COCc1nccc(NCc2ccc3c(c2)ncn3C)n1. The lowest BCUT2D eigenvalue weighted by Crippen LogP contribution is -2.04. The minimum Gasteiger partial charge on any atom is -0.377 e. The van der Waals surface area contributed by atoms with Gasteiger partial charge in [0.15, 0.2) is 5.82 Å². The Morgan fingerprint density at radius 1 is 1.24 bits per heavy atom. The summed E-state index contributed by atoms with van der Waals surface area (Å²) in [4.78, 5) is 12.9. The van der Waals surface area contributed by atoms with Gasteiger partial charge in [0, 0.05) is 26.9 Å². The molecule has 0 amide bonds. The van der Waals surface area contributed by atoms with E-state index in [1.54, 1.807) is 13.3 Å². The molecule has 2 aromatic heterocycles. The van der Waals surface area contributed by atoms with E-state index in [1.165, 1.54) is 0 Å². The van der Waals surface area contributed by atoms with Gasteiger partial charge in [-0.25, -0.2) is 15.0 Å². The maximum absolute atomic E-state index is 5.03. The van der Waals surface area contributed by atoms with Crippen LogP contribution in [0.3, 0.4) is 0 Å². The van der Waals surface area contributed by atoms with Crippen LogP contribution in [0, 0.1) is 0 Å². The molecule has 6 nitrogen and oxygen atoms in total. The Kier molecular flexibility index (Phi) is 3.79. The molecule has 0 unspecified atom stereocenters. The number of nitrogens with zero attached hydrogens (tertiary/aromatic N) is 4. The standard InChI is InChI=1S/C15H17N5O/c1-20-10-18-12-7-11(3-4-13(12)20)8-17-14-5-6-16-15(19-14)9-21-2/h3-7,10H,8-9H2,1-2H3,(H,16,17,19). The van der Waals surface area contributed by atoms with Gasteiger partial charge in [0.1, 0.15) is 12.4 Å². The van der Waals surface area contributed by atoms with Crippen LogP contribution in [-0.4, -0.2) is 26.6 Å². The van der Waals surface area contributed by atoms with Crippen molar-refractivity contribution >= 4 is 16.9 Å². The predicted octanol–water partition coefficient (Wildman–Crippen LogP) is 2.12. The second kappa shape index (κ2) is 5.88. The third kappa shape index (κ3) is 3.00. The van der Waals surface area contributed by atoms with E-state index in [-0.39, 0.29) is 0 Å². The number of benzene rings is 1. The van der Waals surface area contributed by atoms with Gasteiger partial charge in [0.25, 0.3) is 0 Å². The van der Waals surface area contributed by atoms with Crippen molar-refractivity contribution in [3.8, 4) is 0 Å².